The minimum atomic E-state index is 0.457. The summed E-state index contributed by atoms with van der Waals surface area (Å²) in [6.07, 6.45) is 7.49. The summed E-state index contributed by atoms with van der Waals surface area (Å²) in [5, 5.41) is 0. The Hall–Kier alpha value is -0.810. The molecular formula is C14H31N5. The second kappa shape index (κ2) is 9.15. The van der Waals surface area contributed by atoms with Gasteiger partial charge in [0.2, 0.25) is 5.96 Å². The molecule has 0 aromatic carbocycles. The molecule has 0 heterocycles. The van der Waals surface area contributed by atoms with E-state index >= 15 is 0 Å². The molecule has 0 unspecified atom stereocenters. The third kappa shape index (κ3) is 6.25. The van der Waals surface area contributed by atoms with E-state index in [9.17, 15) is 0 Å². The predicted octanol–water partition coefficient (Wildman–Crippen LogP) is 1.41. The zero-order valence-corrected chi connectivity index (χ0v) is 12.9. The highest BCUT2D eigenvalue weighted by molar-refractivity contribution is 5.79. The largest absolute Gasteiger partial charge is 0.341 e. The molecule has 5 nitrogen and oxygen atoms in total. The minimum absolute atomic E-state index is 0.457. The van der Waals surface area contributed by atoms with Gasteiger partial charge >= 0.3 is 0 Å². The molecule has 1 fully saturated rings. The van der Waals surface area contributed by atoms with Gasteiger partial charge in [0.1, 0.15) is 0 Å². The van der Waals surface area contributed by atoms with Crippen molar-refractivity contribution in [3.63, 3.8) is 0 Å². The van der Waals surface area contributed by atoms with Gasteiger partial charge in [0.05, 0.1) is 6.04 Å². The minimum Gasteiger partial charge on any atom is -0.341 e. The van der Waals surface area contributed by atoms with Gasteiger partial charge < -0.3 is 9.80 Å². The lowest BCUT2D eigenvalue weighted by atomic mass is 9.96. The van der Waals surface area contributed by atoms with Crippen molar-refractivity contribution in [2.75, 3.05) is 33.7 Å². The molecule has 0 atom stereocenters. The van der Waals surface area contributed by atoms with Crippen LogP contribution in [0.2, 0.25) is 0 Å². The van der Waals surface area contributed by atoms with Crippen LogP contribution in [0.3, 0.4) is 0 Å². The molecule has 0 bridgehead atoms. The van der Waals surface area contributed by atoms with E-state index in [1.54, 1.807) is 0 Å². The van der Waals surface area contributed by atoms with E-state index in [1.165, 1.54) is 32.1 Å². The smallest absolute Gasteiger partial charge is 0.208 e. The molecule has 0 aliphatic heterocycles. The maximum absolute atomic E-state index is 5.69. The van der Waals surface area contributed by atoms with Gasteiger partial charge in [-0.3, -0.25) is 5.43 Å². The van der Waals surface area contributed by atoms with Crippen molar-refractivity contribution in [1.29, 1.82) is 0 Å². The van der Waals surface area contributed by atoms with Gasteiger partial charge in [0, 0.05) is 19.6 Å². The van der Waals surface area contributed by atoms with Crippen LogP contribution in [0.1, 0.15) is 45.4 Å². The standard InChI is InChI=1S/C14H31N5/c1-4-10-19(12-11-18(2)3)14(17-15)16-13-8-6-5-7-9-13/h13H,4-12,15H2,1-3H3,(H,16,17). The molecule has 0 spiro atoms. The normalized spacial score (nSPS) is 17.8. The zero-order chi connectivity index (χ0) is 14.1. The van der Waals surface area contributed by atoms with Crippen molar-refractivity contribution in [2.45, 2.75) is 51.5 Å². The molecule has 1 saturated carbocycles. The van der Waals surface area contributed by atoms with Crippen LogP contribution in [0.4, 0.5) is 0 Å². The van der Waals surface area contributed by atoms with Crippen molar-refractivity contribution in [2.24, 2.45) is 10.8 Å². The molecule has 1 rings (SSSR count). The highest BCUT2D eigenvalue weighted by Crippen LogP contribution is 2.20. The van der Waals surface area contributed by atoms with E-state index in [2.05, 4.69) is 36.2 Å². The average molecular weight is 269 g/mol. The van der Waals surface area contributed by atoms with Crippen molar-refractivity contribution in [3.8, 4) is 0 Å². The maximum Gasteiger partial charge on any atom is 0.208 e. The second-order valence-corrected chi connectivity index (χ2v) is 5.68. The summed E-state index contributed by atoms with van der Waals surface area (Å²) in [7, 11) is 4.19. The van der Waals surface area contributed by atoms with Crippen LogP contribution in [-0.4, -0.2) is 55.5 Å². The quantitative estimate of drug-likeness (QED) is 0.331. The third-order valence-corrected chi connectivity index (χ3v) is 3.62. The van der Waals surface area contributed by atoms with Gasteiger partial charge in [0.25, 0.3) is 0 Å². The first-order chi connectivity index (χ1) is 9.17. The van der Waals surface area contributed by atoms with Crippen molar-refractivity contribution >= 4 is 5.96 Å². The molecule has 112 valence electrons. The number of nitrogens with two attached hydrogens (primary N) is 1. The monoisotopic (exact) mass is 269 g/mol. The molecule has 0 aromatic heterocycles. The van der Waals surface area contributed by atoms with Crippen LogP contribution in [-0.2, 0) is 0 Å². The Balaban J connectivity index is 2.61. The number of hydrogen-bond donors (Lipinski definition) is 2. The summed E-state index contributed by atoms with van der Waals surface area (Å²) in [6.45, 7) is 5.18. The van der Waals surface area contributed by atoms with Crippen LogP contribution >= 0.6 is 0 Å². The van der Waals surface area contributed by atoms with Crippen LogP contribution in [0.25, 0.3) is 0 Å². The summed E-state index contributed by atoms with van der Waals surface area (Å²) in [6, 6.07) is 0.457. The van der Waals surface area contributed by atoms with Gasteiger partial charge in [-0.1, -0.05) is 26.2 Å². The van der Waals surface area contributed by atoms with E-state index in [0.717, 1.165) is 32.0 Å². The van der Waals surface area contributed by atoms with Crippen molar-refractivity contribution in [3.05, 3.63) is 0 Å². The molecule has 0 radical (unpaired) electrons. The first kappa shape index (κ1) is 16.2. The fourth-order valence-corrected chi connectivity index (χ4v) is 2.51. The molecular weight excluding hydrogens is 238 g/mol. The highest BCUT2D eigenvalue weighted by atomic mass is 15.4. The Morgan fingerprint density at radius 1 is 1.16 bits per heavy atom. The number of aliphatic imine (C=N–C) groups is 1. The Morgan fingerprint density at radius 3 is 2.37 bits per heavy atom. The molecule has 0 aromatic rings. The predicted molar refractivity (Wildman–Crippen MR) is 82.0 cm³/mol. The Morgan fingerprint density at radius 2 is 1.84 bits per heavy atom. The van der Waals surface area contributed by atoms with E-state index in [1.807, 2.05) is 0 Å². The molecule has 5 heteroatoms. The van der Waals surface area contributed by atoms with Crippen LogP contribution in [0.5, 0.6) is 0 Å². The van der Waals surface area contributed by atoms with Gasteiger partial charge in [-0.05, 0) is 33.4 Å². The van der Waals surface area contributed by atoms with E-state index < -0.39 is 0 Å². The van der Waals surface area contributed by atoms with Crippen LogP contribution < -0.4 is 11.3 Å². The Bertz CT molecular complexity index is 259. The molecule has 3 N–H and O–H groups in total. The molecule has 0 saturated heterocycles. The number of guanidine groups is 1. The summed E-state index contributed by atoms with van der Waals surface area (Å²) in [5.41, 5.74) is 2.82. The molecule has 1 aliphatic rings. The summed E-state index contributed by atoms with van der Waals surface area (Å²) in [5.74, 6) is 6.56. The highest BCUT2D eigenvalue weighted by Gasteiger charge is 2.16. The third-order valence-electron chi connectivity index (χ3n) is 3.62. The van der Waals surface area contributed by atoms with Crippen molar-refractivity contribution < 1.29 is 0 Å². The number of rotatable bonds is 6. The lowest BCUT2D eigenvalue weighted by molar-refractivity contribution is 0.319. The Labute approximate surface area is 118 Å². The molecule has 0 amide bonds. The number of likely N-dealkylation sites (N-methyl/N-ethyl adjacent to an activating group) is 1. The maximum atomic E-state index is 5.69. The molecule has 19 heavy (non-hydrogen) atoms. The SMILES string of the molecule is CCCN(CCN(C)C)C(=NC1CCCCC1)NN. The van der Waals surface area contributed by atoms with Gasteiger partial charge in [-0.25, -0.2) is 10.8 Å². The topological polar surface area (TPSA) is 56.9 Å². The summed E-state index contributed by atoms with van der Waals surface area (Å²) >= 11 is 0. The number of nitrogens with one attached hydrogen (secondary N) is 1. The summed E-state index contributed by atoms with van der Waals surface area (Å²) in [4.78, 5) is 9.30. The van der Waals surface area contributed by atoms with E-state index in [-0.39, 0.29) is 0 Å². The Kier molecular flexibility index (Phi) is 7.82. The van der Waals surface area contributed by atoms with E-state index in [4.69, 9.17) is 10.8 Å². The van der Waals surface area contributed by atoms with Crippen LogP contribution in [0, 0.1) is 0 Å². The van der Waals surface area contributed by atoms with Gasteiger partial charge in [-0.15, -0.1) is 0 Å². The fourth-order valence-electron chi connectivity index (χ4n) is 2.51. The lowest BCUT2D eigenvalue weighted by Gasteiger charge is -2.28. The van der Waals surface area contributed by atoms with Gasteiger partial charge in [0.15, 0.2) is 0 Å². The second-order valence-electron chi connectivity index (χ2n) is 5.68. The average Bonchev–Trinajstić information content (AvgIpc) is 2.42. The number of hydrazine groups is 1. The fraction of sp³-hybridized carbons (Fsp3) is 0.929. The lowest BCUT2D eigenvalue weighted by Crippen LogP contribution is -2.48. The molecule has 1 aliphatic carbocycles. The first-order valence-corrected chi connectivity index (χ1v) is 7.61. The number of nitrogens with zero attached hydrogens (tertiary/aromatic N) is 3. The van der Waals surface area contributed by atoms with Crippen molar-refractivity contribution in [1.82, 2.24) is 15.2 Å². The first-order valence-electron chi connectivity index (χ1n) is 7.61. The zero-order valence-electron chi connectivity index (χ0n) is 12.9. The summed E-state index contributed by atoms with van der Waals surface area (Å²) < 4.78 is 0. The number of hydrogen-bond acceptors (Lipinski definition) is 3. The van der Waals surface area contributed by atoms with Gasteiger partial charge in [-0.2, -0.15) is 0 Å². The van der Waals surface area contributed by atoms with Crippen LogP contribution in [0.15, 0.2) is 4.99 Å². The van der Waals surface area contributed by atoms with E-state index in [0.29, 0.717) is 6.04 Å².